The minimum Gasteiger partial charge on any atom is -0.496 e. The number of methoxy groups -OCH3 is 1. The van der Waals surface area contributed by atoms with Gasteiger partial charge in [0.25, 0.3) is 0 Å². The topological polar surface area (TPSA) is 85.5 Å². The van der Waals surface area contributed by atoms with E-state index in [0.29, 0.717) is 33.7 Å². The average Bonchev–Trinajstić information content (AvgIpc) is 2.83. The number of nitrogens with one attached hydrogen (secondary N) is 1. The summed E-state index contributed by atoms with van der Waals surface area (Å²) in [6, 6.07) is 6.63. The third kappa shape index (κ3) is 5.67. The third-order valence-electron chi connectivity index (χ3n) is 5.85. The van der Waals surface area contributed by atoms with Gasteiger partial charge in [-0.15, -0.1) is 12.4 Å². The molecule has 188 valence electrons. The molecule has 1 aliphatic rings. The van der Waals surface area contributed by atoms with Gasteiger partial charge in [-0.1, -0.05) is 23.2 Å². The molecule has 7 nitrogen and oxygen atoms in total. The molecule has 1 aliphatic heterocycles. The zero-order chi connectivity index (χ0) is 24.4. The zero-order valence-electron chi connectivity index (χ0n) is 19.5. The van der Waals surface area contributed by atoms with Crippen LogP contribution in [0.1, 0.15) is 25.5 Å². The van der Waals surface area contributed by atoms with Gasteiger partial charge in [-0.2, -0.15) is 0 Å². The Morgan fingerprint density at radius 2 is 1.97 bits per heavy atom. The van der Waals surface area contributed by atoms with Gasteiger partial charge in [0, 0.05) is 65.8 Å². The molecule has 11 heteroatoms. The third-order valence-corrected chi connectivity index (χ3v) is 6.56. The monoisotopic (exact) mass is 541 g/mol. The Kier molecular flexibility index (Phi) is 8.88. The molecule has 2 atom stereocenters. The fraction of sp³-hybridized carbons (Fsp3) is 0.333. The number of halogens is 4. The Morgan fingerprint density at radius 1 is 1.20 bits per heavy atom. The van der Waals surface area contributed by atoms with E-state index in [1.165, 1.54) is 12.1 Å². The van der Waals surface area contributed by atoms with Gasteiger partial charge >= 0.3 is 0 Å². The Balaban J connectivity index is 0.00000342. The number of benzene rings is 1. The zero-order valence-corrected chi connectivity index (χ0v) is 21.8. The van der Waals surface area contributed by atoms with Crippen LogP contribution in [0.2, 0.25) is 10.0 Å². The first-order valence-electron chi connectivity index (χ1n) is 10.9. The summed E-state index contributed by atoms with van der Waals surface area (Å²) in [7, 11) is 1.61. The molecule has 1 saturated heterocycles. The van der Waals surface area contributed by atoms with E-state index in [-0.39, 0.29) is 23.2 Å². The van der Waals surface area contributed by atoms with E-state index in [4.69, 9.17) is 38.4 Å². The summed E-state index contributed by atoms with van der Waals surface area (Å²) in [6.07, 6.45) is 2.71. The van der Waals surface area contributed by atoms with Crippen molar-refractivity contribution in [2.45, 2.75) is 26.0 Å². The average molecular weight is 543 g/mol. The van der Waals surface area contributed by atoms with Crippen LogP contribution in [-0.2, 0) is 0 Å². The summed E-state index contributed by atoms with van der Waals surface area (Å²) >= 11 is 12.4. The normalized spacial score (nSPS) is 16.4. The van der Waals surface area contributed by atoms with Crippen molar-refractivity contribution in [1.29, 1.82) is 0 Å². The van der Waals surface area contributed by atoms with Crippen LogP contribution in [0.15, 0.2) is 36.7 Å². The van der Waals surface area contributed by atoms with Gasteiger partial charge in [-0.05, 0) is 32.0 Å². The number of pyridine rings is 2. The number of ether oxygens (including phenoxy) is 2. The fourth-order valence-electron chi connectivity index (χ4n) is 4.01. The lowest BCUT2D eigenvalue weighted by Crippen LogP contribution is -2.50. The molecule has 3 N–H and O–H groups in total. The van der Waals surface area contributed by atoms with Crippen molar-refractivity contribution in [2.75, 3.05) is 37.4 Å². The Bertz CT molecular complexity index is 1200. The lowest BCUT2D eigenvalue weighted by Gasteiger charge is -2.35. The molecule has 0 aliphatic carbocycles. The number of nitrogen functional groups attached to an aromatic ring is 1. The van der Waals surface area contributed by atoms with Crippen molar-refractivity contribution in [2.24, 2.45) is 0 Å². The van der Waals surface area contributed by atoms with Gasteiger partial charge in [-0.25, -0.2) is 14.4 Å². The van der Waals surface area contributed by atoms with Gasteiger partial charge < -0.3 is 25.4 Å². The largest absolute Gasteiger partial charge is 0.496 e. The van der Waals surface area contributed by atoms with Crippen molar-refractivity contribution >= 4 is 47.2 Å². The minimum atomic E-state index is -0.674. The molecule has 1 fully saturated rings. The molecule has 0 spiro atoms. The molecule has 0 unspecified atom stereocenters. The van der Waals surface area contributed by atoms with Gasteiger partial charge in [0.15, 0.2) is 11.6 Å². The molecule has 1 aromatic carbocycles. The second kappa shape index (κ2) is 11.5. The Labute approximate surface area is 220 Å². The summed E-state index contributed by atoms with van der Waals surface area (Å²) in [5, 5.41) is 3.58. The highest BCUT2D eigenvalue weighted by atomic mass is 35.5. The van der Waals surface area contributed by atoms with E-state index in [9.17, 15) is 4.39 Å². The summed E-state index contributed by atoms with van der Waals surface area (Å²) in [4.78, 5) is 11.2. The van der Waals surface area contributed by atoms with E-state index < -0.39 is 11.9 Å². The van der Waals surface area contributed by atoms with Crippen LogP contribution in [0.3, 0.4) is 0 Å². The number of piperazine rings is 1. The quantitative estimate of drug-likeness (QED) is 0.396. The van der Waals surface area contributed by atoms with Crippen LogP contribution in [0, 0.1) is 5.82 Å². The first kappa shape index (κ1) is 27.1. The minimum absolute atomic E-state index is 0. The molecule has 4 rings (SSSR count). The van der Waals surface area contributed by atoms with Gasteiger partial charge in [0.2, 0.25) is 0 Å². The summed E-state index contributed by atoms with van der Waals surface area (Å²) in [5.74, 6) is 1.41. The number of hydrogen-bond donors (Lipinski definition) is 2. The smallest absolute Gasteiger partial charge is 0.166 e. The predicted molar refractivity (Wildman–Crippen MR) is 141 cm³/mol. The number of hydrogen-bond acceptors (Lipinski definition) is 7. The van der Waals surface area contributed by atoms with Crippen molar-refractivity contribution in [3.63, 3.8) is 0 Å². The SMILES string of the molecule is COc1cc(N2CCNC[C@@H]2C)ncc1-c1cnc(N)c(O[C@H](C)c2c(Cl)ccc(F)c2Cl)c1.Cl. The fourth-order valence-corrected chi connectivity index (χ4v) is 4.69. The van der Waals surface area contributed by atoms with Crippen LogP contribution in [-0.4, -0.2) is 42.8 Å². The van der Waals surface area contributed by atoms with E-state index in [2.05, 4.69) is 27.1 Å². The standard InChI is InChI=1S/C24H26Cl2FN5O2.ClH/c1-13-10-29-6-7-32(13)21-9-19(33-3)16(12-30-21)15-8-20(24(28)31-11-15)34-14(2)22-17(25)4-5-18(27)23(22)26;/h4-5,8-9,11-14,29H,6-7,10H2,1-3H3,(H2,28,31);1H/t13-,14+;/m0./s1. The first-order valence-corrected chi connectivity index (χ1v) is 11.6. The van der Waals surface area contributed by atoms with Crippen LogP contribution >= 0.6 is 35.6 Å². The van der Waals surface area contributed by atoms with Crippen LogP contribution in [0.4, 0.5) is 16.0 Å². The molecule has 3 aromatic rings. The van der Waals surface area contributed by atoms with Crippen LogP contribution in [0.25, 0.3) is 11.1 Å². The lowest BCUT2D eigenvalue weighted by atomic mass is 10.1. The van der Waals surface area contributed by atoms with E-state index in [0.717, 1.165) is 31.0 Å². The highest BCUT2D eigenvalue weighted by molar-refractivity contribution is 6.36. The van der Waals surface area contributed by atoms with E-state index >= 15 is 0 Å². The Morgan fingerprint density at radius 3 is 2.69 bits per heavy atom. The number of anilines is 2. The van der Waals surface area contributed by atoms with Gasteiger partial charge in [0.05, 0.1) is 12.1 Å². The maximum absolute atomic E-state index is 14.0. The van der Waals surface area contributed by atoms with Crippen molar-refractivity contribution in [1.82, 2.24) is 15.3 Å². The molecular formula is C24H27Cl3FN5O2. The molecule has 0 amide bonds. The Hall–Kier alpha value is -2.52. The molecule has 0 saturated carbocycles. The maximum Gasteiger partial charge on any atom is 0.166 e. The van der Waals surface area contributed by atoms with Crippen molar-refractivity contribution < 1.29 is 13.9 Å². The molecule has 2 aromatic heterocycles. The lowest BCUT2D eigenvalue weighted by molar-refractivity contribution is 0.227. The summed E-state index contributed by atoms with van der Waals surface area (Å²) < 4.78 is 25.7. The van der Waals surface area contributed by atoms with Crippen LogP contribution in [0.5, 0.6) is 11.5 Å². The molecule has 3 heterocycles. The van der Waals surface area contributed by atoms with Gasteiger partial charge in [-0.3, -0.25) is 0 Å². The second-order valence-electron chi connectivity index (χ2n) is 8.11. The number of nitrogens with zero attached hydrogens (tertiary/aromatic N) is 3. The number of nitrogens with two attached hydrogens (primary N) is 1. The first-order chi connectivity index (χ1) is 16.3. The summed E-state index contributed by atoms with van der Waals surface area (Å²) in [5.41, 5.74) is 7.85. The second-order valence-corrected chi connectivity index (χ2v) is 8.90. The molecule has 35 heavy (non-hydrogen) atoms. The number of rotatable bonds is 6. The molecular weight excluding hydrogens is 516 g/mol. The van der Waals surface area contributed by atoms with E-state index in [1.54, 1.807) is 32.5 Å². The van der Waals surface area contributed by atoms with Crippen molar-refractivity contribution in [3.8, 4) is 22.6 Å². The molecule has 0 bridgehead atoms. The number of aromatic nitrogens is 2. The molecule has 0 radical (unpaired) electrons. The van der Waals surface area contributed by atoms with E-state index in [1.807, 2.05) is 6.07 Å². The predicted octanol–water partition coefficient (Wildman–Crippen LogP) is 5.54. The highest BCUT2D eigenvalue weighted by Crippen LogP contribution is 2.39. The van der Waals surface area contributed by atoms with Crippen molar-refractivity contribution in [3.05, 3.63) is 58.1 Å². The maximum atomic E-state index is 14.0. The van der Waals surface area contributed by atoms with Crippen LogP contribution < -0.4 is 25.4 Å². The summed E-state index contributed by atoms with van der Waals surface area (Å²) in [6.45, 7) is 6.52. The highest BCUT2D eigenvalue weighted by Gasteiger charge is 2.23. The van der Waals surface area contributed by atoms with Gasteiger partial charge in [0.1, 0.15) is 23.5 Å².